The summed E-state index contributed by atoms with van der Waals surface area (Å²) in [7, 11) is -8.17. The molecular weight excluding hydrogens is 529 g/mol. The van der Waals surface area contributed by atoms with E-state index in [2.05, 4.69) is 5.10 Å². The average molecular weight is 560 g/mol. The number of carbonyl (C=O) groups is 2. The Kier molecular flexibility index (Phi) is 7.11. The fourth-order valence-corrected chi connectivity index (χ4v) is 5.40. The first kappa shape index (κ1) is 28.0. The first-order valence-electron chi connectivity index (χ1n) is 12.3. The molecule has 0 atom stereocenters. The number of fused-ring (bicyclic) bond motifs is 1. The number of carbonyl (C=O) groups excluding carboxylic acids is 2. The summed E-state index contributed by atoms with van der Waals surface area (Å²) in [6.45, 7) is 3.82. The molecule has 1 aliphatic rings. The molecule has 208 valence electrons. The number of piperidine rings is 1. The third kappa shape index (κ3) is 6.52. The van der Waals surface area contributed by atoms with E-state index >= 15 is 0 Å². The van der Waals surface area contributed by atoms with Crippen LogP contribution in [0.2, 0.25) is 0 Å². The number of methoxy groups -OCH3 is 1. The summed E-state index contributed by atoms with van der Waals surface area (Å²) in [4.78, 5) is 24.8. The van der Waals surface area contributed by atoms with Gasteiger partial charge in [-0.15, -0.1) is 0 Å². The van der Waals surface area contributed by atoms with Gasteiger partial charge in [0.15, 0.2) is 5.78 Å². The molecule has 6 nitrogen and oxygen atoms in total. The van der Waals surface area contributed by atoms with Crippen molar-refractivity contribution in [3.05, 3.63) is 59.3 Å². The average Bonchev–Trinajstić information content (AvgIpc) is 3.23. The van der Waals surface area contributed by atoms with Gasteiger partial charge in [-0.05, 0) is 74.1 Å². The van der Waals surface area contributed by atoms with Gasteiger partial charge in [0, 0.05) is 62.5 Å². The number of ether oxygens (including phenoxy) is 1. The lowest BCUT2D eigenvalue weighted by Gasteiger charge is -2.40. The quantitative estimate of drug-likeness (QED) is 0.159. The van der Waals surface area contributed by atoms with Crippen LogP contribution in [-0.4, -0.2) is 53.2 Å². The van der Waals surface area contributed by atoms with Crippen LogP contribution >= 0.6 is 10.2 Å². The molecule has 1 amide bonds. The lowest BCUT2D eigenvalue weighted by atomic mass is 9.96. The zero-order valence-corrected chi connectivity index (χ0v) is 22.0. The molecular formula is C26H30F5N3O3S. The van der Waals surface area contributed by atoms with Crippen LogP contribution in [0.4, 0.5) is 19.4 Å². The maximum absolute atomic E-state index is 12.9. The second kappa shape index (κ2) is 9.64. The Morgan fingerprint density at radius 3 is 2.32 bits per heavy atom. The minimum Gasteiger partial charge on any atom is -0.385 e. The van der Waals surface area contributed by atoms with E-state index in [4.69, 9.17) is 4.74 Å². The van der Waals surface area contributed by atoms with Crippen LogP contribution < -0.4 is 0 Å². The molecule has 1 aliphatic heterocycles. The number of benzene rings is 2. The number of aryl methyl sites for hydroxylation is 1. The first-order chi connectivity index (χ1) is 17.6. The molecule has 1 aromatic heterocycles. The number of halogens is 5. The smallest absolute Gasteiger partial charge is 0.310 e. The SMILES string of the molecule is COCCCC(=O)c1cc2cn(CC3CCN(C(=O)c4ccc(S(F)(F)(F)(F)F)cc4)CC3)nc2cc1C. The number of Topliss-reactive ketones (excluding diaryl/α,β-unsaturated/α-hetero) is 1. The van der Waals surface area contributed by atoms with Crippen molar-refractivity contribution in [3.63, 3.8) is 0 Å². The summed E-state index contributed by atoms with van der Waals surface area (Å²) < 4.78 is 71.5. The second-order valence-electron chi connectivity index (χ2n) is 9.83. The van der Waals surface area contributed by atoms with E-state index < -0.39 is 21.0 Å². The molecule has 0 N–H and O–H groups in total. The van der Waals surface area contributed by atoms with E-state index in [1.54, 1.807) is 7.11 Å². The highest BCUT2D eigenvalue weighted by Gasteiger charge is 2.65. The van der Waals surface area contributed by atoms with E-state index in [0.29, 0.717) is 57.5 Å². The van der Waals surface area contributed by atoms with Crippen molar-refractivity contribution in [1.29, 1.82) is 0 Å². The lowest BCUT2D eigenvalue weighted by Crippen LogP contribution is -2.39. The van der Waals surface area contributed by atoms with Crippen LogP contribution in [0.15, 0.2) is 47.5 Å². The number of hydrogen-bond acceptors (Lipinski definition) is 4. The van der Waals surface area contributed by atoms with Crippen molar-refractivity contribution >= 4 is 32.8 Å². The molecule has 1 fully saturated rings. The number of aromatic nitrogens is 2. The molecule has 4 rings (SSSR count). The maximum Gasteiger partial charge on any atom is 0.310 e. The van der Waals surface area contributed by atoms with E-state index in [9.17, 15) is 29.0 Å². The van der Waals surface area contributed by atoms with Crippen molar-refractivity contribution in [2.45, 2.75) is 44.0 Å². The zero-order chi connectivity index (χ0) is 27.8. The van der Waals surface area contributed by atoms with Crippen molar-refractivity contribution in [2.24, 2.45) is 5.92 Å². The minimum atomic E-state index is -9.77. The highest BCUT2D eigenvalue weighted by Crippen LogP contribution is 3.02. The van der Waals surface area contributed by atoms with E-state index in [1.807, 2.05) is 29.9 Å². The maximum atomic E-state index is 12.9. The Morgan fingerprint density at radius 2 is 1.71 bits per heavy atom. The number of rotatable bonds is 9. The van der Waals surface area contributed by atoms with Crippen LogP contribution in [-0.2, 0) is 11.3 Å². The van der Waals surface area contributed by atoms with Crippen molar-refractivity contribution in [3.8, 4) is 0 Å². The number of ketones is 1. The number of nitrogens with zero attached hydrogens (tertiary/aromatic N) is 3. The molecule has 38 heavy (non-hydrogen) atoms. The fraction of sp³-hybridized carbons (Fsp3) is 0.423. The largest absolute Gasteiger partial charge is 0.385 e. The summed E-state index contributed by atoms with van der Waals surface area (Å²) >= 11 is 0. The normalized spacial score (nSPS) is 16.9. The van der Waals surface area contributed by atoms with E-state index in [1.165, 1.54) is 4.90 Å². The fourth-order valence-electron chi connectivity index (χ4n) is 4.75. The number of hydrogen-bond donors (Lipinski definition) is 0. The van der Waals surface area contributed by atoms with Crippen molar-refractivity contribution < 1.29 is 33.8 Å². The standard InChI is InChI=1S/C26H30F5N3O3S/c1-18-14-24-21(15-23(18)25(35)4-3-13-37-2)17-34(32-24)16-19-9-11-33(12-10-19)26(36)20-5-7-22(8-6-20)38(27,28,29,30)31/h5-8,14-15,17,19H,3-4,9-13,16H2,1-2H3. The van der Waals surface area contributed by atoms with Gasteiger partial charge in [-0.25, -0.2) is 0 Å². The van der Waals surface area contributed by atoms with Gasteiger partial charge < -0.3 is 9.64 Å². The van der Waals surface area contributed by atoms with Gasteiger partial charge in [0.25, 0.3) is 5.91 Å². The lowest BCUT2D eigenvalue weighted by molar-refractivity contribution is 0.0681. The summed E-state index contributed by atoms with van der Waals surface area (Å²) in [6, 6.07) is 5.91. The summed E-state index contributed by atoms with van der Waals surface area (Å²) in [5.41, 5.74) is 2.27. The van der Waals surface area contributed by atoms with Crippen LogP contribution in [0.3, 0.4) is 0 Å². The molecule has 0 radical (unpaired) electrons. The molecule has 0 aliphatic carbocycles. The summed E-state index contributed by atoms with van der Waals surface area (Å²) in [6.07, 6.45) is 4.29. The molecule has 0 saturated carbocycles. The monoisotopic (exact) mass is 559 g/mol. The highest BCUT2D eigenvalue weighted by molar-refractivity contribution is 8.45. The van der Waals surface area contributed by atoms with Gasteiger partial charge in [0.2, 0.25) is 0 Å². The topological polar surface area (TPSA) is 64.4 Å². The molecule has 1 saturated heterocycles. The molecule has 2 aromatic carbocycles. The minimum absolute atomic E-state index is 0.0599. The summed E-state index contributed by atoms with van der Waals surface area (Å²) in [5.74, 6) is -0.199. The van der Waals surface area contributed by atoms with Crippen molar-refractivity contribution in [2.75, 3.05) is 26.8 Å². The summed E-state index contributed by atoms with van der Waals surface area (Å²) in [5, 5.41) is 5.51. The predicted molar refractivity (Wildman–Crippen MR) is 136 cm³/mol. The Bertz CT molecular complexity index is 1350. The molecule has 0 bridgehead atoms. The van der Waals surface area contributed by atoms with Crippen molar-refractivity contribution in [1.82, 2.24) is 14.7 Å². The van der Waals surface area contributed by atoms with Crippen LogP contribution in [0.1, 0.15) is 52.0 Å². The predicted octanol–water partition coefficient (Wildman–Crippen LogP) is 7.16. The Balaban J connectivity index is 1.36. The van der Waals surface area contributed by atoms with Gasteiger partial charge in [-0.2, -0.15) is 5.10 Å². The number of likely N-dealkylation sites (tertiary alicyclic amines) is 1. The molecule has 0 spiro atoms. The molecule has 0 unspecified atom stereocenters. The Hall–Kier alpha value is -2.99. The third-order valence-corrected chi connectivity index (χ3v) is 8.01. The van der Waals surface area contributed by atoms with Gasteiger partial charge >= 0.3 is 10.2 Å². The zero-order valence-electron chi connectivity index (χ0n) is 21.1. The highest BCUT2D eigenvalue weighted by atomic mass is 32.5. The van der Waals surface area contributed by atoms with Gasteiger partial charge in [0.05, 0.1) is 5.52 Å². The van der Waals surface area contributed by atoms with Gasteiger partial charge in [-0.3, -0.25) is 14.3 Å². The van der Waals surface area contributed by atoms with E-state index in [0.717, 1.165) is 28.6 Å². The van der Waals surface area contributed by atoms with Crippen LogP contribution in [0.5, 0.6) is 0 Å². The Labute approximate surface area is 217 Å². The van der Waals surface area contributed by atoms with Gasteiger partial charge in [0.1, 0.15) is 4.90 Å². The van der Waals surface area contributed by atoms with Crippen LogP contribution in [0, 0.1) is 12.8 Å². The van der Waals surface area contributed by atoms with Gasteiger partial charge in [-0.1, -0.05) is 19.4 Å². The number of amides is 1. The third-order valence-electron chi connectivity index (χ3n) is 6.84. The molecule has 12 heteroatoms. The molecule has 2 heterocycles. The van der Waals surface area contributed by atoms with Crippen LogP contribution in [0.25, 0.3) is 10.9 Å². The molecule has 3 aromatic rings. The Morgan fingerprint density at radius 1 is 1.05 bits per heavy atom. The van der Waals surface area contributed by atoms with E-state index in [-0.39, 0.29) is 29.4 Å². The first-order valence-corrected chi connectivity index (χ1v) is 14.2. The second-order valence-corrected chi connectivity index (χ2v) is 12.2.